The Balaban J connectivity index is 1.50. The quantitative estimate of drug-likeness (QED) is 0.851. The van der Waals surface area contributed by atoms with E-state index in [1.807, 2.05) is 6.20 Å². The Morgan fingerprint density at radius 3 is 2.47 bits per heavy atom. The molecule has 2 aliphatic rings. The van der Waals surface area contributed by atoms with Crippen LogP contribution >= 0.6 is 15.9 Å². The number of nitrogens with zero attached hydrogens (tertiary/aromatic N) is 3. The highest BCUT2D eigenvalue weighted by Crippen LogP contribution is 2.24. The molecule has 0 spiro atoms. The van der Waals surface area contributed by atoms with Crippen LogP contribution in [-0.4, -0.2) is 42.6 Å². The molecule has 0 saturated carbocycles. The molecule has 0 N–H and O–H groups in total. The number of anilines is 1. The van der Waals surface area contributed by atoms with Crippen LogP contribution in [0, 0.1) is 5.92 Å². The number of pyridine rings is 1. The van der Waals surface area contributed by atoms with E-state index in [1.165, 1.54) is 45.3 Å². The normalized spacial score (nSPS) is 22.1. The highest BCUT2D eigenvalue weighted by atomic mass is 79.9. The van der Waals surface area contributed by atoms with Crippen LogP contribution in [-0.2, 0) is 0 Å². The fourth-order valence-corrected chi connectivity index (χ4v) is 3.46. The third-order valence-electron chi connectivity index (χ3n) is 4.37. The minimum absolute atomic E-state index is 0.893. The Kier molecular flexibility index (Phi) is 4.38. The van der Waals surface area contributed by atoms with Gasteiger partial charge in [0.15, 0.2) is 0 Å². The van der Waals surface area contributed by atoms with Gasteiger partial charge in [0.2, 0.25) is 0 Å². The van der Waals surface area contributed by atoms with E-state index in [-0.39, 0.29) is 0 Å². The highest BCUT2D eigenvalue weighted by Gasteiger charge is 2.23. The molecule has 3 heterocycles. The van der Waals surface area contributed by atoms with Crippen LogP contribution in [0.25, 0.3) is 0 Å². The lowest BCUT2D eigenvalue weighted by atomic mass is 9.96. The average Bonchev–Trinajstić information content (AvgIpc) is 2.94. The topological polar surface area (TPSA) is 19.4 Å². The Morgan fingerprint density at radius 1 is 1.11 bits per heavy atom. The summed E-state index contributed by atoms with van der Waals surface area (Å²) in [5.74, 6) is 2.02. The summed E-state index contributed by atoms with van der Waals surface area (Å²) < 4.78 is 1.06. The molecule has 0 unspecified atom stereocenters. The van der Waals surface area contributed by atoms with Crippen molar-refractivity contribution in [2.75, 3.05) is 37.6 Å². The maximum absolute atomic E-state index is 4.50. The lowest BCUT2D eigenvalue weighted by Crippen LogP contribution is -2.38. The zero-order valence-electron chi connectivity index (χ0n) is 11.4. The van der Waals surface area contributed by atoms with Crippen LogP contribution in [0.2, 0.25) is 0 Å². The van der Waals surface area contributed by atoms with Gasteiger partial charge in [-0.15, -0.1) is 0 Å². The molecule has 2 saturated heterocycles. The molecule has 104 valence electrons. The maximum Gasteiger partial charge on any atom is 0.128 e. The van der Waals surface area contributed by atoms with E-state index in [4.69, 9.17) is 0 Å². The minimum atomic E-state index is 0.893. The van der Waals surface area contributed by atoms with E-state index in [2.05, 4.69) is 42.8 Å². The smallest absolute Gasteiger partial charge is 0.128 e. The molecular formula is C15H22BrN3. The third-order valence-corrected chi connectivity index (χ3v) is 4.83. The molecule has 3 nitrogen and oxygen atoms in total. The van der Waals surface area contributed by atoms with Crippen molar-refractivity contribution in [3.05, 3.63) is 22.8 Å². The van der Waals surface area contributed by atoms with Crippen molar-refractivity contribution in [2.24, 2.45) is 5.92 Å². The molecule has 3 rings (SSSR count). The van der Waals surface area contributed by atoms with Crippen molar-refractivity contribution in [3.8, 4) is 0 Å². The molecule has 2 fully saturated rings. The van der Waals surface area contributed by atoms with E-state index in [0.29, 0.717) is 0 Å². The van der Waals surface area contributed by atoms with Crippen LogP contribution in [0.5, 0.6) is 0 Å². The van der Waals surface area contributed by atoms with Gasteiger partial charge in [0.25, 0.3) is 0 Å². The van der Waals surface area contributed by atoms with Gasteiger partial charge in [0.1, 0.15) is 5.82 Å². The minimum Gasteiger partial charge on any atom is -0.357 e. The number of rotatable bonds is 3. The van der Waals surface area contributed by atoms with E-state index in [9.17, 15) is 0 Å². The van der Waals surface area contributed by atoms with Crippen LogP contribution in [0.3, 0.4) is 0 Å². The summed E-state index contributed by atoms with van der Waals surface area (Å²) in [4.78, 5) is 9.57. The van der Waals surface area contributed by atoms with Gasteiger partial charge in [-0.1, -0.05) is 0 Å². The number of aromatic nitrogens is 1. The first kappa shape index (κ1) is 13.4. The molecule has 19 heavy (non-hydrogen) atoms. The molecule has 1 aromatic rings. The third kappa shape index (κ3) is 3.48. The predicted octanol–water partition coefficient (Wildman–Crippen LogP) is 3.16. The van der Waals surface area contributed by atoms with Crippen molar-refractivity contribution in [1.29, 1.82) is 0 Å². The van der Waals surface area contributed by atoms with Gasteiger partial charge in [0, 0.05) is 30.3 Å². The van der Waals surface area contributed by atoms with Gasteiger partial charge in [0.05, 0.1) is 0 Å². The Hall–Kier alpha value is -0.610. The summed E-state index contributed by atoms with van der Waals surface area (Å²) in [6.45, 7) is 6.30. The van der Waals surface area contributed by atoms with Crippen LogP contribution in [0.1, 0.15) is 25.7 Å². The van der Waals surface area contributed by atoms with Crippen molar-refractivity contribution in [2.45, 2.75) is 25.7 Å². The Bertz CT molecular complexity index is 392. The zero-order chi connectivity index (χ0) is 13.1. The van der Waals surface area contributed by atoms with Crippen LogP contribution in [0.15, 0.2) is 22.8 Å². The summed E-state index contributed by atoms with van der Waals surface area (Å²) in [6.07, 6.45) is 7.33. The van der Waals surface area contributed by atoms with E-state index in [1.54, 1.807) is 0 Å². The summed E-state index contributed by atoms with van der Waals surface area (Å²) in [7, 11) is 0. The van der Waals surface area contributed by atoms with Gasteiger partial charge in [-0.05, 0) is 72.8 Å². The van der Waals surface area contributed by atoms with Gasteiger partial charge >= 0.3 is 0 Å². The molecule has 0 bridgehead atoms. The number of halogens is 1. The second-order valence-corrected chi connectivity index (χ2v) is 6.69. The van der Waals surface area contributed by atoms with Gasteiger partial charge in [-0.3, -0.25) is 0 Å². The van der Waals surface area contributed by atoms with Crippen molar-refractivity contribution >= 4 is 21.7 Å². The Labute approximate surface area is 124 Å². The standard InChI is InChI=1S/C15H22BrN3/c16-14-3-4-15(17-11-14)19-9-5-13(6-10-19)12-18-7-1-2-8-18/h3-4,11,13H,1-2,5-10,12H2. The summed E-state index contributed by atoms with van der Waals surface area (Å²) >= 11 is 3.44. The first-order chi connectivity index (χ1) is 9.31. The fraction of sp³-hybridized carbons (Fsp3) is 0.667. The molecule has 4 heteroatoms. The molecule has 0 atom stereocenters. The maximum atomic E-state index is 4.50. The summed E-state index contributed by atoms with van der Waals surface area (Å²) in [6, 6.07) is 4.20. The second-order valence-electron chi connectivity index (χ2n) is 5.77. The zero-order valence-corrected chi connectivity index (χ0v) is 13.0. The first-order valence-corrected chi connectivity index (χ1v) is 8.19. The van der Waals surface area contributed by atoms with E-state index in [0.717, 1.165) is 29.3 Å². The Morgan fingerprint density at radius 2 is 1.84 bits per heavy atom. The molecule has 2 aliphatic heterocycles. The molecule has 0 radical (unpaired) electrons. The van der Waals surface area contributed by atoms with Crippen molar-refractivity contribution in [1.82, 2.24) is 9.88 Å². The molecule has 0 aliphatic carbocycles. The molecule has 1 aromatic heterocycles. The lowest BCUT2D eigenvalue weighted by Gasteiger charge is -2.34. The lowest BCUT2D eigenvalue weighted by molar-refractivity contribution is 0.249. The summed E-state index contributed by atoms with van der Waals surface area (Å²) in [5, 5.41) is 0. The number of hydrogen-bond donors (Lipinski definition) is 0. The van der Waals surface area contributed by atoms with Crippen LogP contribution < -0.4 is 4.90 Å². The van der Waals surface area contributed by atoms with E-state index >= 15 is 0 Å². The largest absolute Gasteiger partial charge is 0.357 e. The summed E-state index contributed by atoms with van der Waals surface area (Å²) in [5.41, 5.74) is 0. The number of hydrogen-bond acceptors (Lipinski definition) is 3. The van der Waals surface area contributed by atoms with Crippen molar-refractivity contribution < 1.29 is 0 Å². The van der Waals surface area contributed by atoms with Crippen LogP contribution in [0.4, 0.5) is 5.82 Å². The van der Waals surface area contributed by atoms with E-state index < -0.39 is 0 Å². The molecule has 0 aromatic carbocycles. The predicted molar refractivity (Wildman–Crippen MR) is 82.5 cm³/mol. The number of piperidine rings is 1. The SMILES string of the molecule is Brc1ccc(N2CCC(CN3CCCC3)CC2)nc1. The van der Waals surface area contributed by atoms with Gasteiger partial charge in [-0.25, -0.2) is 4.98 Å². The molecule has 0 amide bonds. The fourth-order valence-electron chi connectivity index (χ4n) is 3.23. The highest BCUT2D eigenvalue weighted by molar-refractivity contribution is 9.10. The molecular weight excluding hydrogens is 302 g/mol. The second kappa shape index (κ2) is 6.23. The average molecular weight is 324 g/mol. The monoisotopic (exact) mass is 323 g/mol. The van der Waals surface area contributed by atoms with Gasteiger partial charge in [-0.2, -0.15) is 0 Å². The van der Waals surface area contributed by atoms with Crippen molar-refractivity contribution in [3.63, 3.8) is 0 Å². The first-order valence-electron chi connectivity index (χ1n) is 7.40. The van der Waals surface area contributed by atoms with Gasteiger partial charge < -0.3 is 9.80 Å². The number of likely N-dealkylation sites (tertiary alicyclic amines) is 1.